The lowest BCUT2D eigenvalue weighted by atomic mass is 9.85. The van der Waals surface area contributed by atoms with E-state index in [4.69, 9.17) is 4.74 Å². The van der Waals surface area contributed by atoms with Crippen molar-refractivity contribution in [1.29, 1.82) is 0 Å². The van der Waals surface area contributed by atoms with Crippen molar-refractivity contribution in [2.75, 3.05) is 13.2 Å². The summed E-state index contributed by atoms with van der Waals surface area (Å²) in [5.41, 5.74) is 1.20. The molecule has 1 aliphatic rings. The first-order valence-electron chi connectivity index (χ1n) is 14.0. The van der Waals surface area contributed by atoms with Crippen LogP contribution in [0.1, 0.15) is 82.6 Å². The molecule has 1 aliphatic carbocycles. The van der Waals surface area contributed by atoms with Crippen LogP contribution in [0.3, 0.4) is 0 Å². The minimum Gasteiger partial charge on any atom is -0.466 e. The predicted octanol–water partition coefficient (Wildman–Crippen LogP) is 4.55. The molecule has 38 heavy (non-hydrogen) atoms. The van der Waals surface area contributed by atoms with Crippen LogP contribution in [-0.4, -0.2) is 57.9 Å². The summed E-state index contributed by atoms with van der Waals surface area (Å²) in [5, 5.41) is 40.6. The van der Waals surface area contributed by atoms with Crippen LogP contribution in [0.4, 0.5) is 0 Å². The topological polar surface area (TPSA) is 139 Å². The zero-order chi connectivity index (χ0) is 27.6. The van der Waals surface area contributed by atoms with Crippen LogP contribution in [0, 0.1) is 22.0 Å². The van der Waals surface area contributed by atoms with Gasteiger partial charge in [-0.3, -0.25) is 4.79 Å². The maximum atomic E-state index is 11.8. The highest BCUT2D eigenvalue weighted by atomic mass is 16.9. The van der Waals surface area contributed by atoms with Gasteiger partial charge in [-0.1, -0.05) is 48.9 Å². The van der Waals surface area contributed by atoms with Gasteiger partial charge in [0, 0.05) is 6.42 Å². The highest BCUT2D eigenvalue weighted by Gasteiger charge is 2.40. The number of aliphatic hydroxyl groups excluding tert-OH is 3. The Hall–Kier alpha value is -2.49. The number of hydrogen-bond donors (Lipinski definition) is 3. The maximum absolute atomic E-state index is 11.8. The minimum absolute atomic E-state index is 0.0290. The van der Waals surface area contributed by atoms with E-state index in [1.54, 1.807) is 0 Å². The number of aliphatic hydroxyl groups is 3. The number of ether oxygens (including phenoxy) is 1. The third-order valence-corrected chi connectivity index (χ3v) is 7.29. The van der Waals surface area contributed by atoms with Crippen LogP contribution in [0.5, 0.6) is 0 Å². The largest absolute Gasteiger partial charge is 0.466 e. The Morgan fingerprint density at radius 1 is 1.00 bits per heavy atom. The van der Waals surface area contributed by atoms with Crippen molar-refractivity contribution in [1.82, 2.24) is 0 Å². The van der Waals surface area contributed by atoms with E-state index in [9.17, 15) is 30.2 Å². The number of rotatable bonds is 20. The second kappa shape index (κ2) is 18.7. The van der Waals surface area contributed by atoms with Gasteiger partial charge in [-0.15, -0.1) is 10.1 Å². The molecule has 9 nitrogen and oxygen atoms in total. The summed E-state index contributed by atoms with van der Waals surface area (Å²) in [7, 11) is 0. The average Bonchev–Trinajstić information content (AvgIpc) is 3.17. The number of nitrogens with zero attached hydrogens (tertiary/aromatic N) is 1. The third kappa shape index (κ3) is 13.3. The Labute approximate surface area is 226 Å². The number of esters is 1. The molecule has 1 aromatic carbocycles. The molecular formula is C29H45NO8. The van der Waals surface area contributed by atoms with Crippen LogP contribution in [0.25, 0.3) is 0 Å². The van der Waals surface area contributed by atoms with Gasteiger partial charge in [-0.25, -0.2) is 0 Å². The van der Waals surface area contributed by atoms with E-state index in [1.807, 2.05) is 30.4 Å². The molecule has 0 bridgehead atoms. The van der Waals surface area contributed by atoms with Gasteiger partial charge in [0.2, 0.25) is 0 Å². The predicted molar refractivity (Wildman–Crippen MR) is 144 cm³/mol. The molecule has 0 spiro atoms. The number of benzene rings is 1. The molecule has 0 saturated heterocycles. The van der Waals surface area contributed by atoms with Gasteiger partial charge in [-0.2, -0.15) is 0 Å². The van der Waals surface area contributed by atoms with Gasteiger partial charge in [-0.05, 0) is 88.0 Å². The number of aryl methyl sites for hydroxylation is 1. The number of carbonyl (C=O) groups is 1. The molecule has 5 atom stereocenters. The number of carbonyl (C=O) groups excluding carboxylic acids is 1. The molecule has 1 saturated carbocycles. The fourth-order valence-corrected chi connectivity index (χ4v) is 5.10. The third-order valence-electron chi connectivity index (χ3n) is 7.29. The van der Waals surface area contributed by atoms with Gasteiger partial charge >= 0.3 is 5.97 Å². The van der Waals surface area contributed by atoms with Crippen LogP contribution in [0.15, 0.2) is 42.5 Å². The zero-order valence-corrected chi connectivity index (χ0v) is 22.4. The fourth-order valence-electron chi connectivity index (χ4n) is 5.10. The summed E-state index contributed by atoms with van der Waals surface area (Å²) < 4.78 is 5.22. The lowest BCUT2D eigenvalue weighted by Gasteiger charge is -2.23. The van der Waals surface area contributed by atoms with E-state index >= 15 is 0 Å². The van der Waals surface area contributed by atoms with Crippen LogP contribution < -0.4 is 0 Å². The molecular weight excluding hydrogens is 490 g/mol. The Balaban J connectivity index is 1.55. The van der Waals surface area contributed by atoms with Crippen molar-refractivity contribution in [3.63, 3.8) is 0 Å². The first-order valence-corrected chi connectivity index (χ1v) is 14.0. The molecule has 0 amide bonds. The van der Waals surface area contributed by atoms with Crippen molar-refractivity contribution in [3.05, 3.63) is 58.2 Å². The highest BCUT2D eigenvalue weighted by molar-refractivity contribution is 5.69. The van der Waals surface area contributed by atoms with Crippen molar-refractivity contribution < 1.29 is 34.8 Å². The minimum atomic E-state index is -0.793. The number of hydrogen-bond acceptors (Lipinski definition) is 8. The Kier molecular flexibility index (Phi) is 15.6. The Bertz CT molecular complexity index is 818. The smallest absolute Gasteiger partial charge is 0.305 e. The van der Waals surface area contributed by atoms with E-state index in [0.29, 0.717) is 58.0 Å². The lowest BCUT2D eigenvalue weighted by Crippen LogP contribution is -2.23. The molecule has 214 valence electrons. The summed E-state index contributed by atoms with van der Waals surface area (Å²) >= 11 is 0. The summed E-state index contributed by atoms with van der Waals surface area (Å²) in [4.78, 5) is 26.1. The fraction of sp³-hybridized carbons (Fsp3) is 0.690. The van der Waals surface area contributed by atoms with Crippen molar-refractivity contribution in [2.24, 2.45) is 11.8 Å². The Morgan fingerprint density at radius 2 is 1.71 bits per heavy atom. The SMILES string of the molecule is O=C(CCCC=CC[C@@H]1[C@@H](CC[C@@H](O)CCc2ccccc2)[C@H](O)C[C@@H]1O)OCCCCCCO[N+](=O)[O-]. The number of allylic oxidation sites excluding steroid dienone is 2. The molecule has 1 aromatic rings. The molecule has 0 aromatic heterocycles. The van der Waals surface area contributed by atoms with E-state index in [2.05, 4.69) is 17.0 Å². The summed E-state index contributed by atoms with van der Waals surface area (Å²) in [6, 6.07) is 10.1. The van der Waals surface area contributed by atoms with Crippen molar-refractivity contribution >= 4 is 5.97 Å². The van der Waals surface area contributed by atoms with Crippen molar-refractivity contribution in [2.45, 2.75) is 102 Å². The van der Waals surface area contributed by atoms with Gasteiger partial charge in [0.1, 0.15) is 0 Å². The number of unbranched alkanes of at least 4 members (excludes halogenated alkanes) is 4. The first kappa shape index (κ1) is 31.7. The standard InChI is InChI=1S/C29H45NO8/c31-24(17-16-23-12-6-5-7-13-23)18-19-26-25(27(32)22-28(26)33)14-8-1-2-9-15-29(34)37-20-10-3-4-11-21-38-30(35)36/h1,5-8,12-13,24-28,31-33H,2-4,9-11,14-22H2/t24-,25+,26+,27-,28+/m0/s1. The molecule has 2 rings (SSSR count). The summed E-state index contributed by atoms with van der Waals surface area (Å²) in [6.07, 6.45) is 11.1. The van der Waals surface area contributed by atoms with E-state index in [-0.39, 0.29) is 24.4 Å². The lowest BCUT2D eigenvalue weighted by molar-refractivity contribution is -0.757. The van der Waals surface area contributed by atoms with Gasteiger partial charge in [0.05, 0.1) is 31.5 Å². The van der Waals surface area contributed by atoms with Gasteiger partial charge in [0.15, 0.2) is 0 Å². The molecule has 9 heteroatoms. The second-order valence-corrected chi connectivity index (χ2v) is 10.2. The van der Waals surface area contributed by atoms with Gasteiger partial charge < -0.3 is 24.9 Å². The molecule has 0 unspecified atom stereocenters. The van der Waals surface area contributed by atoms with Crippen molar-refractivity contribution in [3.8, 4) is 0 Å². The monoisotopic (exact) mass is 535 g/mol. The average molecular weight is 536 g/mol. The normalized spacial score (nSPS) is 22.0. The van der Waals surface area contributed by atoms with E-state index in [1.165, 1.54) is 5.56 Å². The second-order valence-electron chi connectivity index (χ2n) is 10.2. The summed E-state index contributed by atoms with van der Waals surface area (Å²) in [6.45, 7) is 0.453. The van der Waals surface area contributed by atoms with Crippen LogP contribution in [-0.2, 0) is 20.8 Å². The van der Waals surface area contributed by atoms with E-state index < -0.39 is 23.4 Å². The Morgan fingerprint density at radius 3 is 2.45 bits per heavy atom. The van der Waals surface area contributed by atoms with Gasteiger partial charge in [0.25, 0.3) is 5.09 Å². The molecule has 0 heterocycles. The summed E-state index contributed by atoms with van der Waals surface area (Å²) in [5.74, 6) is -0.287. The maximum Gasteiger partial charge on any atom is 0.305 e. The zero-order valence-electron chi connectivity index (χ0n) is 22.4. The molecule has 0 aliphatic heterocycles. The molecule has 3 N–H and O–H groups in total. The quantitative estimate of drug-likeness (QED) is 0.0727. The van der Waals surface area contributed by atoms with Crippen LogP contribution >= 0.6 is 0 Å². The first-order chi connectivity index (χ1) is 18.4. The van der Waals surface area contributed by atoms with E-state index in [0.717, 1.165) is 32.1 Å². The molecule has 1 fully saturated rings. The molecule has 0 radical (unpaired) electrons. The highest BCUT2D eigenvalue weighted by Crippen LogP contribution is 2.38. The van der Waals surface area contributed by atoms with Crippen LogP contribution in [0.2, 0.25) is 0 Å².